The normalized spacial score (nSPS) is 12.3. The Bertz CT molecular complexity index is 1150. The van der Waals surface area contributed by atoms with Gasteiger partial charge < -0.3 is 14.2 Å². The summed E-state index contributed by atoms with van der Waals surface area (Å²) >= 11 is 0. The van der Waals surface area contributed by atoms with Crippen LogP contribution in [0.4, 0.5) is 0 Å². The summed E-state index contributed by atoms with van der Waals surface area (Å²) in [5, 5.41) is 0. The van der Waals surface area contributed by atoms with Crippen molar-refractivity contribution in [1.82, 2.24) is 0 Å². The molecule has 0 aromatic carbocycles. The molecule has 0 heterocycles. The number of carbonyl (C=O) groups excluding carboxylic acids is 3. The van der Waals surface area contributed by atoms with Crippen LogP contribution in [0.25, 0.3) is 0 Å². The summed E-state index contributed by atoms with van der Waals surface area (Å²) in [5.74, 6) is -0.928. The maximum absolute atomic E-state index is 12.8. The highest BCUT2D eigenvalue weighted by Crippen LogP contribution is 2.16. The maximum Gasteiger partial charge on any atom is 0.306 e. The van der Waals surface area contributed by atoms with Crippen LogP contribution in [0.1, 0.15) is 297 Å². The van der Waals surface area contributed by atoms with Gasteiger partial charge in [0.2, 0.25) is 0 Å². The van der Waals surface area contributed by atoms with Crippen LogP contribution in [-0.2, 0) is 28.6 Å². The maximum atomic E-state index is 12.8. The van der Waals surface area contributed by atoms with Crippen molar-refractivity contribution >= 4 is 17.9 Å². The fourth-order valence-electron chi connectivity index (χ4n) is 8.26. The van der Waals surface area contributed by atoms with Gasteiger partial charge in [0, 0.05) is 19.3 Å². The summed E-state index contributed by atoms with van der Waals surface area (Å²) in [7, 11) is 0. The lowest BCUT2D eigenvalue weighted by Crippen LogP contribution is -2.30. The summed E-state index contributed by atoms with van der Waals surface area (Å²) in [6.45, 7) is 6.60. The first-order valence-electron chi connectivity index (χ1n) is 28.6. The van der Waals surface area contributed by atoms with Crippen molar-refractivity contribution in [3.8, 4) is 0 Å². The van der Waals surface area contributed by atoms with E-state index >= 15 is 0 Å². The van der Waals surface area contributed by atoms with E-state index < -0.39 is 6.10 Å². The van der Waals surface area contributed by atoms with Gasteiger partial charge in [-0.1, -0.05) is 268 Å². The number of allylic oxidation sites excluding steroid dienone is 8. The van der Waals surface area contributed by atoms with E-state index in [9.17, 15) is 14.4 Å². The summed E-state index contributed by atoms with van der Waals surface area (Å²) in [4.78, 5) is 38.1. The summed E-state index contributed by atoms with van der Waals surface area (Å²) < 4.78 is 16.8. The number of ether oxygens (including phenoxy) is 3. The van der Waals surface area contributed by atoms with E-state index in [2.05, 4.69) is 69.4 Å². The highest BCUT2D eigenvalue weighted by molar-refractivity contribution is 5.71. The zero-order valence-corrected chi connectivity index (χ0v) is 44.0. The molecule has 0 radical (unpaired) electrons. The van der Waals surface area contributed by atoms with Crippen LogP contribution in [0.2, 0.25) is 0 Å². The van der Waals surface area contributed by atoms with Crippen LogP contribution in [0.5, 0.6) is 0 Å². The van der Waals surface area contributed by atoms with E-state index in [1.165, 1.54) is 186 Å². The van der Waals surface area contributed by atoms with Gasteiger partial charge in [0.05, 0.1) is 0 Å². The molecule has 0 saturated carbocycles. The Morgan fingerprint density at radius 3 is 0.909 bits per heavy atom. The third-order valence-electron chi connectivity index (χ3n) is 12.6. The van der Waals surface area contributed by atoms with Gasteiger partial charge in [0.25, 0.3) is 0 Å². The molecule has 0 aromatic heterocycles. The van der Waals surface area contributed by atoms with Crippen molar-refractivity contribution in [2.75, 3.05) is 13.2 Å². The number of rotatable bonds is 52. The lowest BCUT2D eigenvalue weighted by atomic mass is 10.0. The monoisotopic (exact) mass is 925 g/mol. The largest absolute Gasteiger partial charge is 0.462 e. The SMILES string of the molecule is CCCCC/C=C\C/C=C\C/C=C\C/C=C\CCCC(=O)OCC(COC(=O)CCCCCCCCCCCCCCCC)OC(=O)CCCCCCCCCCCCCCCCCCC. The molecule has 66 heavy (non-hydrogen) atoms. The molecule has 1 unspecified atom stereocenters. The molecule has 0 saturated heterocycles. The Morgan fingerprint density at radius 1 is 0.303 bits per heavy atom. The molecule has 6 heteroatoms. The summed E-state index contributed by atoms with van der Waals surface area (Å²) in [5.41, 5.74) is 0. The Hall–Kier alpha value is -2.63. The van der Waals surface area contributed by atoms with Gasteiger partial charge in [-0.3, -0.25) is 14.4 Å². The second-order valence-corrected chi connectivity index (χ2v) is 19.2. The van der Waals surface area contributed by atoms with Gasteiger partial charge in [-0.25, -0.2) is 0 Å². The summed E-state index contributed by atoms with van der Waals surface area (Å²) in [6, 6.07) is 0. The van der Waals surface area contributed by atoms with Gasteiger partial charge in [0.15, 0.2) is 6.10 Å². The third kappa shape index (κ3) is 52.3. The molecule has 0 aliphatic rings. The zero-order chi connectivity index (χ0) is 47.9. The minimum atomic E-state index is -0.791. The Labute approximate surface area is 409 Å². The zero-order valence-electron chi connectivity index (χ0n) is 44.0. The van der Waals surface area contributed by atoms with Crippen molar-refractivity contribution in [3.05, 3.63) is 48.6 Å². The van der Waals surface area contributed by atoms with Crippen molar-refractivity contribution < 1.29 is 28.6 Å². The first-order chi connectivity index (χ1) is 32.5. The van der Waals surface area contributed by atoms with Gasteiger partial charge >= 0.3 is 17.9 Å². The highest BCUT2D eigenvalue weighted by Gasteiger charge is 2.19. The first kappa shape index (κ1) is 63.4. The molecule has 1 atom stereocenters. The van der Waals surface area contributed by atoms with Crippen LogP contribution in [-0.4, -0.2) is 37.2 Å². The molecule has 384 valence electrons. The Kier molecular flexibility index (Phi) is 52.8. The number of carbonyl (C=O) groups is 3. The molecule has 0 fully saturated rings. The van der Waals surface area contributed by atoms with E-state index in [-0.39, 0.29) is 37.5 Å². The van der Waals surface area contributed by atoms with E-state index in [0.29, 0.717) is 19.3 Å². The first-order valence-corrected chi connectivity index (χ1v) is 28.6. The van der Waals surface area contributed by atoms with Crippen LogP contribution >= 0.6 is 0 Å². The van der Waals surface area contributed by atoms with Gasteiger partial charge in [0.1, 0.15) is 13.2 Å². The number of hydrogen-bond donors (Lipinski definition) is 0. The second kappa shape index (κ2) is 55.0. The molecule has 0 spiro atoms. The van der Waals surface area contributed by atoms with E-state index in [0.717, 1.165) is 64.2 Å². The molecular formula is C60H108O6. The van der Waals surface area contributed by atoms with Crippen molar-refractivity contribution in [2.24, 2.45) is 0 Å². The van der Waals surface area contributed by atoms with E-state index in [4.69, 9.17) is 14.2 Å². The smallest absolute Gasteiger partial charge is 0.306 e. The molecule has 0 aliphatic heterocycles. The average Bonchev–Trinajstić information content (AvgIpc) is 3.31. The minimum Gasteiger partial charge on any atom is -0.462 e. The quantitative estimate of drug-likeness (QED) is 0.0262. The van der Waals surface area contributed by atoms with Crippen molar-refractivity contribution in [1.29, 1.82) is 0 Å². The Morgan fingerprint density at radius 2 is 0.561 bits per heavy atom. The van der Waals surface area contributed by atoms with Gasteiger partial charge in [-0.15, -0.1) is 0 Å². The number of esters is 3. The van der Waals surface area contributed by atoms with Gasteiger partial charge in [-0.05, 0) is 57.8 Å². The minimum absolute atomic E-state index is 0.0856. The Balaban J connectivity index is 4.42. The van der Waals surface area contributed by atoms with Crippen LogP contribution in [0.3, 0.4) is 0 Å². The third-order valence-corrected chi connectivity index (χ3v) is 12.6. The molecule has 0 aromatic rings. The fourth-order valence-corrected chi connectivity index (χ4v) is 8.26. The van der Waals surface area contributed by atoms with Crippen LogP contribution in [0.15, 0.2) is 48.6 Å². The predicted octanol–water partition coefficient (Wildman–Crippen LogP) is 19.0. The topological polar surface area (TPSA) is 78.9 Å². The van der Waals surface area contributed by atoms with E-state index in [1.807, 2.05) is 0 Å². The van der Waals surface area contributed by atoms with Crippen LogP contribution < -0.4 is 0 Å². The van der Waals surface area contributed by atoms with E-state index in [1.54, 1.807) is 0 Å². The van der Waals surface area contributed by atoms with Crippen molar-refractivity contribution in [3.63, 3.8) is 0 Å². The molecule has 0 amide bonds. The predicted molar refractivity (Wildman–Crippen MR) is 284 cm³/mol. The average molecular weight is 926 g/mol. The van der Waals surface area contributed by atoms with Gasteiger partial charge in [-0.2, -0.15) is 0 Å². The molecular weight excluding hydrogens is 817 g/mol. The van der Waals surface area contributed by atoms with Crippen LogP contribution in [0, 0.1) is 0 Å². The molecule has 0 aliphatic carbocycles. The lowest BCUT2D eigenvalue weighted by molar-refractivity contribution is -0.167. The molecule has 0 rings (SSSR count). The summed E-state index contributed by atoms with van der Waals surface area (Å²) in [6.07, 6.45) is 66.7. The number of hydrogen-bond acceptors (Lipinski definition) is 6. The fraction of sp³-hybridized carbons (Fsp3) is 0.817. The molecule has 0 bridgehead atoms. The molecule has 0 N–H and O–H groups in total. The highest BCUT2D eigenvalue weighted by atomic mass is 16.6. The molecule has 6 nitrogen and oxygen atoms in total. The lowest BCUT2D eigenvalue weighted by Gasteiger charge is -2.18. The van der Waals surface area contributed by atoms with Crippen molar-refractivity contribution in [2.45, 2.75) is 303 Å². The number of unbranched alkanes of at least 4 members (excludes halogenated alkanes) is 33. The standard InChI is InChI=1S/C60H108O6/c1-4-7-10-13-16-19-22-25-28-30-32-35-38-41-44-47-50-53-59(62)65-56-57(55-64-58(61)52-49-46-43-40-37-34-27-24-21-18-15-12-9-6-3)66-60(63)54-51-48-45-42-39-36-33-31-29-26-23-20-17-14-11-8-5-2/h16,19,25,28,32,35,41,44,57H,4-15,17-18,20-24,26-27,29-31,33-34,36-40,42-43,45-56H2,1-3H3/b19-16-,28-25-,35-32-,44-41-. The second-order valence-electron chi connectivity index (χ2n) is 19.2.